The van der Waals surface area contributed by atoms with Crippen LogP contribution in [0.3, 0.4) is 0 Å². The van der Waals surface area contributed by atoms with Crippen molar-refractivity contribution in [2.24, 2.45) is 0 Å². The van der Waals surface area contributed by atoms with E-state index >= 15 is 0 Å². The van der Waals surface area contributed by atoms with Gasteiger partial charge >= 0.3 is 12.4 Å². The molecule has 0 atom stereocenters. The molecule has 6 rings (SSSR count). The average Bonchev–Trinajstić information content (AvgIpc) is 3.47. The number of nitriles is 1. The van der Waals surface area contributed by atoms with Gasteiger partial charge < -0.3 is 5.32 Å². The number of benzene rings is 2. The molecule has 1 N–H and O–H groups in total. The summed E-state index contributed by atoms with van der Waals surface area (Å²) in [4.78, 5) is 32.7. The van der Waals surface area contributed by atoms with Gasteiger partial charge in [0.15, 0.2) is 11.6 Å². The summed E-state index contributed by atoms with van der Waals surface area (Å²) in [6.45, 7) is 1.18. The Hall–Kier alpha value is -5.63. The van der Waals surface area contributed by atoms with Gasteiger partial charge in [0.2, 0.25) is 0 Å². The number of hydrogen-bond donors (Lipinski definition) is 1. The summed E-state index contributed by atoms with van der Waals surface area (Å²) in [5, 5.41) is 26.6. The first-order chi connectivity index (χ1) is 23.6. The van der Waals surface area contributed by atoms with E-state index in [2.05, 4.69) is 30.8 Å². The molecule has 0 saturated heterocycles. The molecule has 0 radical (unpaired) electrons. The van der Waals surface area contributed by atoms with E-state index in [9.17, 15) is 41.2 Å². The highest BCUT2D eigenvalue weighted by Crippen LogP contribution is 2.47. The SMILES string of the molecule is Cc1cc(C#N)cc(C(=O)NC2(c3cccc(C(F)(F)F)c3)CC2)c1CC(=O)c1cc(Cn2nnc(C(F)(F)F)n2)nn1-c1ncccc1Cl. The first-order valence-electron chi connectivity index (χ1n) is 14.7. The Bertz CT molecular complexity index is 2180. The smallest absolute Gasteiger partial charge is 0.343 e. The standard InChI is InChI=1S/C32H22ClF6N9O2/c1-17-10-18(15-40)11-23(28(50)42-30(7-8-30)19-4-2-5-20(12-19)31(34,35)36)22(17)14-26(49)25-13-21(16-47-45-29(43-46-47)32(37,38)39)44-48(25)27-24(33)6-3-9-41-27/h2-6,9-13H,7-8,14,16H2,1H3,(H,42,50). The normalized spacial score (nSPS) is 13.9. The molecule has 5 aromatic rings. The van der Waals surface area contributed by atoms with Gasteiger partial charge in [0.1, 0.15) is 12.2 Å². The second-order valence-electron chi connectivity index (χ2n) is 11.5. The van der Waals surface area contributed by atoms with Crippen LogP contribution in [-0.2, 0) is 30.9 Å². The molecule has 0 spiro atoms. The zero-order chi connectivity index (χ0) is 36.0. The third-order valence-electron chi connectivity index (χ3n) is 8.02. The summed E-state index contributed by atoms with van der Waals surface area (Å²) < 4.78 is 80.6. The molecule has 0 bridgehead atoms. The number of aryl methyl sites for hydroxylation is 1. The zero-order valence-electron chi connectivity index (χ0n) is 25.6. The number of pyridine rings is 1. The van der Waals surface area contributed by atoms with E-state index in [0.29, 0.717) is 23.2 Å². The number of rotatable bonds is 9. The van der Waals surface area contributed by atoms with Gasteiger partial charge in [-0.3, -0.25) is 9.59 Å². The molecule has 1 aliphatic rings. The summed E-state index contributed by atoms with van der Waals surface area (Å²) in [7, 11) is 0. The van der Waals surface area contributed by atoms with E-state index in [1.165, 1.54) is 48.7 Å². The van der Waals surface area contributed by atoms with Crippen LogP contribution in [0.2, 0.25) is 5.02 Å². The summed E-state index contributed by atoms with van der Waals surface area (Å²) in [5.74, 6) is -2.77. The zero-order valence-corrected chi connectivity index (χ0v) is 26.4. The summed E-state index contributed by atoms with van der Waals surface area (Å²) in [5.41, 5.74) is -1.04. The molecule has 256 valence electrons. The van der Waals surface area contributed by atoms with Crippen LogP contribution in [0.4, 0.5) is 26.3 Å². The highest BCUT2D eigenvalue weighted by Gasteiger charge is 2.47. The Morgan fingerprint density at radius 1 is 1.02 bits per heavy atom. The van der Waals surface area contributed by atoms with Crippen molar-refractivity contribution in [1.82, 2.24) is 40.3 Å². The topological polar surface area (TPSA) is 144 Å². The molecule has 1 amide bonds. The van der Waals surface area contributed by atoms with Crippen molar-refractivity contribution >= 4 is 23.3 Å². The quantitative estimate of drug-likeness (QED) is 0.144. The van der Waals surface area contributed by atoms with Gasteiger partial charge in [0.25, 0.3) is 11.7 Å². The number of hydrogen-bond acceptors (Lipinski definition) is 8. The van der Waals surface area contributed by atoms with Crippen LogP contribution in [0.25, 0.3) is 5.82 Å². The molecule has 50 heavy (non-hydrogen) atoms. The van der Waals surface area contributed by atoms with E-state index in [4.69, 9.17) is 11.6 Å². The second kappa shape index (κ2) is 12.7. The first-order valence-corrected chi connectivity index (χ1v) is 15.1. The number of Topliss-reactive ketones (excluding diaryl/α,β-unsaturated/α-hetero) is 1. The molecule has 0 unspecified atom stereocenters. The van der Waals surface area contributed by atoms with Gasteiger partial charge in [-0.1, -0.05) is 23.7 Å². The van der Waals surface area contributed by atoms with E-state index in [1.54, 1.807) is 6.92 Å². The lowest BCUT2D eigenvalue weighted by Gasteiger charge is -2.21. The molecule has 3 aromatic heterocycles. The maximum absolute atomic E-state index is 14.0. The van der Waals surface area contributed by atoms with Crippen LogP contribution in [-0.4, -0.2) is 46.7 Å². The van der Waals surface area contributed by atoms with Gasteiger partial charge in [-0.2, -0.15) is 41.5 Å². The fourth-order valence-electron chi connectivity index (χ4n) is 5.43. The van der Waals surface area contributed by atoms with Crippen molar-refractivity contribution in [2.45, 2.75) is 50.6 Å². The molecule has 3 heterocycles. The van der Waals surface area contributed by atoms with Gasteiger partial charge in [-0.15, -0.1) is 10.2 Å². The fourth-order valence-corrected chi connectivity index (χ4v) is 5.63. The average molecular weight is 714 g/mol. The Kier molecular flexibility index (Phi) is 8.68. The third-order valence-corrected chi connectivity index (χ3v) is 8.32. The molecule has 1 saturated carbocycles. The number of tetrazole rings is 1. The van der Waals surface area contributed by atoms with Crippen LogP contribution in [0.5, 0.6) is 0 Å². The molecule has 1 fully saturated rings. The lowest BCUT2D eigenvalue weighted by Crippen LogP contribution is -2.36. The number of alkyl halides is 6. The highest BCUT2D eigenvalue weighted by molar-refractivity contribution is 6.32. The lowest BCUT2D eigenvalue weighted by atomic mass is 9.92. The number of ketones is 1. The minimum atomic E-state index is -4.84. The minimum Gasteiger partial charge on any atom is -0.343 e. The van der Waals surface area contributed by atoms with Gasteiger partial charge in [-0.25, -0.2) is 9.67 Å². The van der Waals surface area contributed by atoms with E-state index < -0.39 is 53.9 Å². The highest BCUT2D eigenvalue weighted by atomic mass is 35.5. The Labute approximate surface area is 283 Å². The number of aromatic nitrogens is 7. The maximum Gasteiger partial charge on any atom is 0.455 e. The van der Waals surface area contributed by atoms with Crippen LogP contribution < -0.4 is 5.32 Å². The van der Waals surface area contributed by atoms with Gasteiger partial charge in [0, 0.05) is 18.2 Å². The Morgan fingerprint density at radius 2 is 1.78 bits per heavy atom. The summed E-state index contributed by atoms with van der Waals surface area (Å²) >= 11 is 6.35. The van der Waals surface area contributed by atoms with Crippen molar-refractivity contribution in [1.29, 1.82) is 5.26 Å². The third kappa shape index (κ3) is 6.92. The van der Waals surface area contributed by atoms with Crippen LogP contribution >= 0.6 is 11.6 Å². The van der Waals surface area contributed by atoms with Crippen molar-refractivity contribution in [3.8, 4) is 11.9 Å². The molecule has 11 nitrogen and oxygen atoms in total. The lowest BCUT2D eigenvalue weighted by molar-refractivity contribution is -0.145. The molecular formula is C32H22ClF6N9O2. The molecule has 0 aliphatic heterocycles. The summed E-state index contributed by atoms with van der Waals surface area (Å²) in [6, 6.07) is 13.7. The van der Waals surface area contributed by atoms with Crippen molar-refractivity contribution in [2.75, 3.05) is 0 Å². The summed E-state index contributed by atoms with van der Waals surface area (Å²) in [6.07, 6.45) is -7.74. The minimum absolute atomic E-state index is 0.0255. The molecule has 2 aromatic carbocycles. The van der Waals surface area contributed by atoms with Gasteiger partial charge in [0.05, 0.1) is 33.5 Å². The van der Waals surface area contributed by atoms with Gasteiger partial charge in [-0.05, 0) is 84.1 Å². The monoisotopic (exact) mass is 713 g/mol. The van der Waals surface area contributed by atoms with Crippen LogP contribution in [0, 0.1) is 18.3 Å². The first kappa shape index (κ1) is 34.2. The Morgan fingerprint density at radius 3 is 2.42 bits per heavy atom. The largest absolute Gasteiger partial charge is 0.455 e. The van der Waals surface area contributed by atoms with Crippen molar-refractivity contribution in [3.63, 3.8) is 0 Å². The number of nitrogens with one attached hydrogen (secondary N) is 1. The van der Waals surface area contributed by atoms with Crippen LogP contribution in [0.15, 0.2) is 60.8 Å². The molecule has 1 aliphatic carbocycles. The van der Waals surface area contributed by atoms with E-state index in [1.807, 2.05) is 6.07 Å². The molecule has 18 heteroatoms. The fraction of sp³-hybridized carbons (Fsp3) is 0.250. The maximum atomic E-state index is 14.0. The number of halogens is 7. The van der Waals surface area contributed by atoms with Crippen molar-refractivity contribution in [3.05, 3.63) is 116 Å². The van der Waals surface area contributed by atoms with E-state index in [-0.39, 0.29) is 44.5 Å². The second-order valence-corrected chi connectivity index (χ2v) is 11.9. The Balaban J connectivity index is 1.34. The predicted octanol–water partition coefficient (Wildman–Crippen LogP) is 6.02. The number of carbonyl (C=O) groups is 2. The number of carbonyl (C=O) groups excluding carboxylic acids is 2. The molecular weight excluding hydrogens is 692 g/mol. The number of amides is 1. The van der Waals surface area contributed by atoms with Crippen molar-refractivity contribution < 1.29 is 35.9 Å². The van der Waals surface area contributed by atoms with Crippen LogP contribution in [0.1, 0.15) is 73.0 Å². The van der Waals surface area contributed by atoms with E-state index in [0.717, 1.165) is 16.8 Å². The predicted molar refractivity (Wildman–Crippen MR) is 162 cm³/mol. The number of nitrogens with zero attached hydrogens (tertiary/aromatic N) is 8.